The molecule has 0 unspecified atom stereocenters. The van der Waals surface area contributed by atoms with Crippen LogP contribution in [0.3, 0.4) is 0 Å². The van der Waals surface area contributed by atoms with Crippen molar-refractivity contribution in [1.29, 1.82) is 0 Å². The molecule has 7 rings (SSSR count). The van der Waals surface area contributed by atoms with E-state index in [1.54, 1.807) is 36.4 Å². The van der Waals surface area contributed by atoms with E-state index in [0.29, 0.717) is 0 Å². The van der Waals surface area contributed by atoms with E-state index in [0.717, 1.165) is 28.2 Å². The van der Waals surface area contributed by atoms with Gasteiger partial charge in [0.1, 0.15) is 0 Å². The van der Waals surface area contributed by atoms with E-state index >= 15 is 0 Å². The van der Waals surface area contributed by atoms with E-state index in [-0.39, 0.29) is 32.1 Å². The average molecular weight is 528 g/mol. The van der Waals surface area contributed by atoms with Crippen molar-refractivity contribution in [2.75, 3.05) is 4.90 Å². The summed E-state index contributed by atoms with van der Waals surface area (Å²) >= 11 is 0. The lowest BCUT2D eigenvalue weighted by Crippen LogP contribution is -2.30. The normalized spacial score (nSPS) is 16.1. The van der Waals surface area contributed by atoms with Crippen molar-refractivity contribution >= 4 is 32.7 Å². The molecule has 0 radical (unpaired) electrons. The van der Waals surface area contributed by atoms with Gasteiger partial charge in [-0.25, -0.2) is 8.42 Å². The van der Waals surface area contributed by atoms with E-state index in [1.165, 1.54) is 17.2 Å². The highest BCUT2D eigenvalue weighted by molar-refractivity contribution is 7.91. The van der Waals surface area contributed by atoms with E-state index in [9.17, 15) is 13.2 Å². The molecule has 0 saturated heterocycles. The monoisotopic (exact) mass is 527 g/mol. The summed E-state index contributed by atoms with van der Waals surface area (Å²) < 4.78 is 26.4. The Hall–Kier alpha value is -4.48. The Morgan fingerprint density at radius 2 is 1.13 bits per heavy atom. The molecule has 0 bridgehead atoms. The van der Waals surface area contributed by atoms with Gasteiger partial charge in [0.25, 0.3) is 0 Å². The number of hydrogen-bond donors (Lipinski definition) is 0. The number of para-hydroxylation sites is 2. The summed E-state index contributed by atoms with van der Waals surface area (Å²) in [7, 11) is -3.75. The van der Waals surface area contributed by atoms with Crippen molar-refractivity contribution in [1.82, 2.24) is 0 Å². The fraction of sp³-hybridized carbons (Fsp3) is 0.0882. The van der Waals surface area contributed by atoms with Crippen molar-refractivity contribution < 1.29 is 13.2 Å². The number of hydrogen-bond acceptors (Lipinski definition) is 4. The van der Waals surface area contributed by atoms with Crippen LogP contribution in [0, 0.1) is 0 Å². The Balaban J connectivity index is 1.31. The summed E-state index contributed by atoms with van der Waals surface area (Å²) in [5.74, 6) is -0.266. The van der Waals surface area contributed by atoms with E-state index in [2.05, 4.69) is 79.4 Å². The van der Waals surface area contributed by atoms with Gasteiger partial charge in [-0.3, -0.25) is 4.79 Å². The summed E-state index contributed by atoms with van der Waals surface area (Å²) in [5.41, 5.74) is 7.88. The molecule has 0 saturated carbocycles. The van der Waals surface area contributed by atoms with Gasteiger partial charge in [0, 0.05) is 22.2 Å². The maximum absolute atomic E-state index is 13.3. The van der Waals surface area contributed by atoms with E-state index in [1.807, 2.05) is 12.1 Å². The minimum absolute atomic E-state index is 0.0655. The van der Waals surface area contributed by atoms with Crippen molar-refractivity contribution in [3.63, 3.8) is 0 Å². The van der Waals surface area contributed by atoms with Crippen LogP contribution in [0.4, 0.5) is 17.1 Å². The van der Waals surface area contributed by atoms with Crippen molar-refractivity contribution in [3.05, 3.63) is 138 Å². The first kappa shape index (κ1) is 23.6. The zero-order valence-electron chi connectivity index (χ0n) is 21.5. The van der Waals surface area contributed by atoms with Crippen LogP contribution in [0.15, 0.2) is 125 Å². The number of sulfone groups is 1. The molecule has 5 aromatic rings. The fourth-order valence-corrected chi connectivity index (χ4v) is 7.66. The van der Waals surface area contributed by atoms with Crippen LogP contribution < -0.4 is 4.90 Å². The molecule has 0 fully saturated rings. The third kappa shape index (κ3) is 3.36. The lowest BCUT2D eigenvalue weighted by Gasteiger charge is -2.42. The van der Waals surface area contributed by atoms with Crippen LogP contribution in [-0.2, 0) is 15.3 Å². The largest absolute Gasteiger partial charge is 0.310 e. The second kappa shape index (κ2) is 8.26. The Morgan fingerprint density at radius 1 is 0.590 bits per heavy atom. The Morgan fingerprint density at radius 3 is 1.79 bits per heavy atom. The van der Waals surface area contributed by atoms with Crippen LogP contribution in [0.1, 0.15) is 40.9 Å². The molecule has 0 aromatic heterocycles. The van der Waals surface area contributed by atoms with Gasteiger partial charge in [-0.2, -0.15) is 0 Å². The van der Waals surface area contributed by atoms with Crippen molar-refractivity contribution in [2.24, 2.45) is 0 Å². The minimum Gasteiger partial charge on any atom is -0.310 e. The highest BCUT2D eigenvalue weighted by atomic mass is 32.2. The molecule has 0 aliphatic carbocycles. The van der Waals surface area contributed by atoms with Gasteiger partial charge in [0.2, 0.25) is 9.84 Å². The number of carbonyl (C=O) groups is 1. The number of benzene rings is 5. The molecule has 0 atom stereocenters. The van der Waals surface area contributed by atoms with Gasteiger partial charge in [-0.1, -0.05) is 80.6 Å². The minimum atomic E-state index is -3.75. The van der Waals surface area contributed by atoms with Crippen molar-refractivity contribution in [3.8, 4) is 11.1 Å². The molecule has 190 valence electrons. The first-order valence-electron chi connectivity index (χ1n) is 12.9. The van der Waals surface area contributed by atoms with Gasteiger partial charge in [-0.05, 0) is 70.8 Å². The second-order valence-electron chi connectivity index (χ2n) is 10.6. The first-order chi connectivity index (χ1) is 18.8. The SMILES string of the molecule is CC1(C)c2ccccc2N(c2ccc(-c3ccc4c(c3)C(=O)c3ccccc3S4(=O)=O)cc2)c2ccccc21. The quantitative estimate of drug-likeness (QED) is 0.230. The molecular weight excluding hydrogens is 502 g/mol. The van der Waals surface area contributed by atoms with E-state index < -0.39 is 9.84 Å². The molecule has 39 heavy (non-hydrogen) atoms. The first-order valence-corrected chi connectivity index (χ1v) is 14.4. The Kier molecular flexibility index (Phi) is 5.00. The number of fused-ring (bicyclic) bond motifs is 4. The third-order valence-electron chi connectivity index (χ3n) is 8.03. The maximum atomic E-state index is 13.3. The number of nitrogens with zero attached hydrogens (tertiary/aromatic N) is 1. The molecule has 0 amide bonds. The highest BCUT2D eigenvalue weighted by Crippen LogP contribution is 2.51. The molecule has 0 N–H and O–H groups in total. The van der Waals surface area contributed by atoms with Gasteiger partial charge in [0.15, 0.2) is 5.78 Å². The van der Waals surface area contributed by atoms with Gasteiger partial charge < -0.3 is 4.90 Å². The predicted molar refractivity (Wildman–Crippen MR) is 154 cm³/mol. The standard InChI is InChI=1S/C34H25NO3S/c1-34(2)27-10-4-6-12-29(27)35(30-13-7-5-11-28(30)34)24-18-15-22(16-19-24)23-17-20-32-26(21-23)33(36)25-9-3-8-14-31(25)39(32,37)38/h3-21H,1-2H3. The molecule has 2 heterocycles. The zero-order chi connectivity index (χ0) is 26.9. The molecule has 5 heteroatoms. The topological polar surface area (TPSA) is 54.5 Å². The number of ketones is 1. The molecule has 2 aliphatic heterocycles. The average Bonchev–Trinajstić information content (AvgIpc) is 2.96. The third-order valence-corrected chi connectivity index (χ3v) is 9.90. The van der Waals surface area contributed by atoms with Crippen LogP contribution in [-0.4, -0.2) is 14.2 Å². The Bertz CT molecular complexity index is 1870. The molecular formula is C34H25NO3S. The van der Waals surface area contributed by atoms with Crippen LogP contribution in [0.2, 0.25) is 0 Å². The second-order valence-corrected chi connectivity index (χ2v) is 12.5. The summed E-state index contributed by atoms with van der Waals surface area (Å²) in [6, 6.07) is 36.7. The number of carbonyl (C=O) groups excluding carboxylic acids is 1. The van der Waals surface area contributed by atoms with Gasteiger partial charge >= 0.3 is 0 Å². The van der Waals surface area contributed by atoms with Gasteiger partial charge in [-0.15, -0.1) is 0 Å². The lowest BCUT2D eigenvalue weighted by molar-refractivity contribution is 0.103. The highest BCUT2D eigenvalue weighted by Gasteiger charge is 2.37. The van der Waals surface area contributed by atoms with E-state index in [4.69, 9.17) is 0 Å². The number of rotatable bonds is 2. The fourth-order valence-electron chi connectivity index (χ4n) is 6.02. The summed E-state index contributed by atoms with van der Waals surface area (Å²) in [4.78, 5) is 15.7. The van der Waals surface area contributed by atoms with Crippen LogP contribution in [0.25, 0.3) is 11.1 Å². The maximum Gasteiger partial charge on any atom is 0.208 e. The lowest BCUT2D eigenvalue weighted by atomic mass is 9.73. The smallest absolute Gasteiger partial charge is 0.208 e. The molecule has 5 aromatic carbocycles. The molecule has 2 aliphatic rings. The summed E-state index contributed by atoms with van der Waals surface area (Å²) in [5, 5.41) is 0. The number of anilines is 3. The van der Waals surface area contributed by atoms with Crippen LogP contribution >= 0.6 is 0 Å². The molecule has 4 nitrogen and oxygen atoms in total. The molecule has 0 spiro atoms. The van der Waals surface area contributed by atoms with Gasteiger partial charge in [0.05, 0.1) is 21.2 Å². The summed E-state index contributed by atoms with van der Waals surface area (Å²) in [6.45, 7) is 4.53. The Labute approximate surface area is 228 Å². The van der Waals surface area contributed by atoms with Crippen LogP contribution in [0.5, 0.6) is 0 Å². The summed E-state index contributed by atoms with van der Waals surface area (Å²) in [6.07, 6.45) is 0. The zero-order valence-corrected chi connectivity index (χ0v) is 22.4. The predicted octanol–water partition coefficient (Wildman–Crippen LogP) is 7.84. The van der Waals surface area contributed by atoms with Crippen molar-refractivity contribution in [2.45, 2.75) is 29.1 Å².